The second-order valence-electron chi connectivity index (χ2n) is 5.71. The van der Waals surface area contributed by atoms with Crippen LogP contribution in [0.4, 0.5) is 0 Å². The van der Waals surface area contributed by atoms with Gasteiger partial charge in [-0.25, -0.2) is 0 Å². The Morgan fingerprint density at radius 3 is 2.37 bits per heavy atom. The molecule has 0 aliphatic heterocycles. The van der Waals surface area contributed by atoms with Crippen LogP contribution in [0.15, 0.2) is 18.2 Å². The third kappa shape index (κ3) is 5.47. The zero-order chi connectivity index (χ0) is 14.1. The molecule has 0 unspecified atom stereocenters. The van der Waals surface area contributed by atoms with E-state index in [0.717, 1.165) is 12.0 Å². The van der Waals surface area contributed by atoms with Gasteiger partial charge in [-0.2, -0.15) is 5.26 Å². The Kier molecular flexibility index (Phi) is 7.26. The zero-order valence-corrected chi connectivity index (χ0v) is 12.7. The fraction of sp³-hybridized carbons (Fsp3) is 0.611. The summed E-state index contributed by atoms with van der Waals surface area (Å²) >= 11 is 0. The zero-order valence-electron chi connectivity index (χ0n) is 12.7. The van der Waals surface area contributed by atoms with E-state index in [1.807, 2.05) is 0 Å². The molecule has 0 bridgehead atoms. The lowest BCUT2D eigenvalue weighted by Crippen LogP contribution is -1.95. The van der Waals surface area contributed by atoms with Crippen LogP contribution in [0.5, 0.6) is 0 Å². The summed E-state index contributed by atoms with van der Waals surface area (Å²) in [7, 11) is 0. The first kappa shape index (κ1) is 15.8. The smallest absolute Gasteiger partial charge is 0.0994 e. The largest absolute Gasteiger partial charge is 0.192 e. The third-order valence-electron chi connectivity index (χ3n) is 3.68. The lowest BCUT2D eigenvalue weighted by molar-refractivity contribution is 0.607. The van der Waals surface area contributed by atoms with Crippen molar-refractivity contribution >= 4 is 0 Å². The van der Waals surface area contributed by atoms with Crippen molar-refractivity contribution in [3.63, 3.8) is 0 Å². The van der Waals surface area contributed by atoms with E-state index in [2.05, 4.69) is 45.0 Å². The maximum Gasteiger partial charge on any atom is 0.0994 e. The first-order valence-corrected chi connectivity index (χ1v) is 7.72. The molecule has 0 radical (unpaired) electrons. The Bertz CT molecular complexity index is 412. The van der Waals surface area contributed by atoms with Crippen LogP contribution in [-0.2, 0) is 6.42 Å². The highest BCUT2D eigenvalue weighted by Crippen LogP contribution is 2.21. The van der Waals surface area contributed by atoms with Crippen molar-refractivity contribution in [1.29, 1.82) is 5.26 Å². The molecule has 0 heterocycles. The van der Waals surface area contributed by atoms with Gasteiger partial charge >= 0.3 is 0 Å². The van der Waals surface area contributed by atoms with Gasteiger partial charge in [-0.3, -0.25) is 0 Å². The number of nitrogens with zero attached hydrogens (tertiary/aromatic N) is 1. The molecule has 0 atom stereocenters. The van der Waals surface area contributed by atoms with Gasteiger partial charge in [-0.05, 0) is 36.0 Å². The second kappa shape index (κ2) is 8.75. The van der Waals surface area contributed by atoms with E-state index >= 15 is 0 Å². The fourth-order valence-corrected chi connectivity index (χ4v) is 2.47. The molecule has 19 heavy (non-hydrogen) atoms. The van der Waals surface area contributed by atoms with E-state index in [1.54, 1.807) is 0 Å². The van der Waals surface area contributed by atoms with E-state index in [1.165, 1.54) is 49.7 Å². The summed E-state index contributed by atoms with van der Waals surface area (Å²) in [5, 5.41) is 9.21. The molecule has 0 fully saturated rings. The van der Waals surface area contributed by atoms with E-state index in [4.69, 9.17) is 0 Å². The Morgan fingerprint density at radius 1 is 1.05 bits per heavy atom. The monoisotopic (exact) mass is 257 g/mol. The van der Waals surface area contributed by atoms with Gasteiger partial charge < -0.3 is 0 Å². The summed E-state index contributed by atoms with van der Waals surface area (Å²) in [6, 6.07) is 8.75. The molecule has 0 aliphatic rings. The van der Waals surface area contributed by atoms with Gasteiger partial charge in [-0.15, -0.1) is 0 Å². The van der Waals surface area contributed by atoms with E-state index in [0.29, 0.717) is 5.92 Å². The molecule has 1 nitrogen and oxygen atoms in total. The van der Waals surface area contributed by atoms with Crippen LogP contribution in [0.3, 0.4) is 0 Å². The first-order chi connectivity index (χ1) is 9.19. The Labute approximate surface area is 118 Å². The topological polar surface area (TPSA) is 23.8 Å². The molecular formula is C18H27N. The molecule has 1 aromatic carbocycles. The predicted octanol–water partition coefficient (Wildman–Crippen LogP) is 5.58. The highest BCUT2D eigenvalue weighted by atomic mass is 14.3. The summed E-state index contributed by atoms with van der Waals surface area (Å²) in [6.45, 7) is 6.53. The predicted molar refractivity (Wildman–Crippen MR) is 82.3 cm³/mol. The quantitative estimate of drug-likeness (QED) is 0.557. The van der Waals surface area contributed by atoms with Crippen LogP contribution < -0.4 is 0 Å². The molecule has 0 aromatic heterocycles. The fourth-order valence-electron chi connectivity index (χ4n) is 2.47. The Hall–Kier alpha value is -1.29. The number of aryl methyl sites for hydroxylation is 1. The van der Waals surface area contributed by atoms with Crippen LogP contribution in [0, 0.1) is 11.3 Å². The molecule has 104 valence electrons. The van der Waals surface area contributed by atoms with Crippen molar-refractivity contribution in [3.05, 3.63) is 34.9 Å². The molecule has 1 aromatic rings. The maximum atomic E-state index is 9.21. The number of hydrogen-bond acceptors (Lipinski definition) is 1. The molecule has 0 saturated heterocycles. The van der Waals surface area contributed by atoms with Gasteiger partial charge in [0.15, 0.2) is 0 Å². The molecule has 0 aliphatic carbocycles. The van der Waals surface area contributed by atoms with Crippen LogP contribution in [0.2, 0.25) is 0 Å². The minimum absolute atomic E-state index is 0.428. The van der Waals surface area contributed by atoms with Gasteiger partial charge in [0.1, 0.15) is 0 Å². The molecular weight excluding hydrogens is 230 g/mol. The SMILES string of the molecule is CCCCCCCCc1ccc(C(C)C)c(C#N)c1. The van der Waals surface area contributed by atoms with Crippen LogP contribution in [0.1, 0.15) is 81.9 Å². The summed E-state index contributed by atoms with van der Waals surface area (Å²) in [4.78, 5) is 0. The molecule has 1 rings (SSSR count). The van der Waals surface area contributed by atoms with E-state index in [9.17, 15) is 5.26 Å². The first-order valence-electron chi connectivity index (χ1n) is 7.72. The lowest BCUT2D eigenvalue weighted by atomic mass is 9.94. The normalized spacial score (nSPS) is 10.7. The Balaban J connectivity index is 2.45. The van der Waals surface area contributed by atoms with E-state index < -0.39 is 0 Å². The van der Waals surface area contributed by atoms with Crippen LogP contribution in [-0.4, -0.2) is 0 Å². The number of unbranched alkanes of at least 4 members (excludes halogenated alkanes) is 5. The van der Waals surface area contributed by atoms with Crippen molar-refractivity contribution in [2.24, 2.45) is 0 Å². The van der Waals surface area contributed by atoms with Gasteiger partial charge in [0.2, 0.25) is 0 Å². The standard InChI is InChI=1S/C18H27N/c1-4-5-6-7-8-9-10-16-11-12-18(15(2)3)17(13-16)14-19/h11-13,15H,4-10H2,1-3H3. The average molecular weight is 257 g/mol. The number of rotatable bonds is 8. The molecule has 0 N–H and O–H groups in total. The maximum absolute atomic E-state index is 9.21. The molecule has 0 amide bonds. The van der Waals surface area contributed by atoms with E-state index in [-0.39, 0.29) is 0 Å². The molecule has 0 saturated carbocycles. The number of nitriles is 1. The van der Waals surface area contributed by atoms with Gasteiger partial charge in [0.05, 0.1) is 11.6 Å². The average Bonchev–Trinajstić information content (AvgIpc) is 2.42. The summed E-state index contributed by atoms with van der Waals surface area (Å²) in [5.41, 5.74) is 3.35. The van der Waals surface area contributed by atoms with Crippen LogP contribution >= 0.6 is 0 Å². The van der Waals surface area contributed by atoms with Crippen molar-refractivity contribution in [2.45, 2.75) is 71.6 Å². The highest BCUT2D eigenvalue weighted by Gasteiger charge is 2.07. The minimum atomic E-state index is 0.428. The van der Waals surface area contributed by atoms with Crippen LogP contribution in [0.25, 0.3) is 0 Å². The number of hydrogen-bond donors (Lipinski definition) is 0. The van der Waals surface area contributed by atoms with Crippen molar-refractivity contribution in [3.8, 4) is 6.07 Å². The van der Waals surface area contributed by atoms with Gasteiger partial charge in [0.25, 0.3) is 0 Å². The summed E-state index contributed by atoms with van der Waals surface area (Å²) in [5.74, 6) is 0.428. The highest BCUT2D eigenvalue weighted by molar-refractivity contribution is 5.42. The Morgan fingerprint density at radius 2 is 1.74 bits per heavy atom. The second-order valence-corrected chi connectivity index (χ2v) is 5.71. The summed E-state index contributed by atoms with van der Waals surface area (Å²) in [6.07, 6.45) is 9.06. The third-order valence-corrected chi connectivity index (χ3v) is 3.68. The minimum Gasteiger partial charge on any atom is -0.192 e. The summed E-state index contributed by atoms with van der Waals surface area (Å²) < 4.78 is 0. The van der Waals surface area contributed by atoms with Crippen molar-refractivity contribution in [1.82, 2.24) is 0 Å². The van der Waals surface area contributed by atoms with Crippen molar-refractivity contribution in [2.75, 3.05) is 0 Å². The van der Waals surface area contributed by atoms with Crippen molar-refractivity contribution < 1.29 is 0 Å². The van der Waals surface area contributed by atoms with Gasteiger partial charge in [-0.1, -0.05) is 65.0 Å². The number of benzene rings is 1. The molecule has 1 heteroatoms. The lowest BCUT2D eigenvalue weighted by Gasteiger charge is -2.10. The molecule has 0 spiro atoms. The van der Waals surface area contributed by atoms with Gasteiger partial charge in [0, 0.05) is 0 Å².